The van der Waals surface area contributed by atoms with E-state index in [0.717, 1.165) is 17.8 Å². The number of aliphatic hydroxyl groups is 1. The second kappa shape index (κ2) is 5.45. The lowest BCUT2D eigenvalue weighted by Gasteiger charge is -2.13. The highest BCUT2D eigenvalue weighted by Crippen LogP contribution is 2.39. The number of alkyl halides is 3. The van der Waals surface area contributed by atoms with Gasteiger partial charge in [-0.3, -0.25) is 0 Å². The average Bonchev–Trinajstić information content (AvgIpc) is 2.70. The molecule has 4 nitrogen and oxygen atoms in total. The third-order valence-electron chi connectivity index (χ3n) is 2.79. The molecule has 0 aliphatic carbocycles. The lowest BCUT2D eigenvalue weighted by atomic mass is 10.1. The number of hydrogen-bond acceptors (Lipinski definition) is 4. The molecule has 1 heterocycles. The first-order valence-electron chi connectivity index (χ1n) is 5.67. The number of rotatable bonds is 3. The topological polar surface area (TPSA) is 50.9 Å². The van der Waals surface area contributed by atoms with E-state index < -0.39 is 18.3 Å². The molecule has 0 fully saturated rings. The molecule has 1 aromatic carbocycles. The molecule has 108 valence electrons. The van der Waals surface area contributed by atoms with Crippen LogP contribution in [0.25, 0.3) is 0 Å². The minimum absolute atomic E-state index is 0.0326. The predicted molar refractivity (Wildman–Crippen MR) is 67.2 cm³/mol. The quantitative estimate of drug-likeness (QED) is 0.947. The minimum atomic E-state index is -4.48. The number of hydrogen-bond donors (Lipinski definition) is 1. The summed E-state index contributed by atoms with van der Waals surface area (Å²) in [6, 6.07) is 3.75. The van der Waals surface area contributed by atoms with E-state index in [1.807, 2.05) is 0 Å². The zero-order valence-electron chi connectivity index (χ0n) is 10.8. The standard InChI is InChI=1S/C12H12F3N3OS/c1-7-16-17-11(18(7)2)20-10-4-3-8(6-19)5-9(10)12(13,14)15/h3-5,19H,6H2,1-2H3. The Bertz CT molecular complexity index is 625. The normalized spacial score (nSPS) is 11.9. The summed E-state index contributed by atoms with van der Waals surface area (Å²) in [6.45, 7) is 1.29. The monoisotopic (exact) mass is 303 g/mol. The summed E-state index contributed by atoms with van der Waals surface area (Å²) in [4.78, 5) is 0.0326. The third-order valence-corrected chi connectivity index (χ3v) is 3.90. The van der Waals surface area contributed by atoms with Crippen LogP contribution < -0.4 is 0 Å². The molecule has 2 aromatic rings. The summed E-state index contributed by atoms with van der Waals surface area (Å²) in [5, 5.41) is 17.0. The maximum atomic E-state index is 13.0. The van der Waals surface area contributed by atoms with E-state index in [0.29, 0.717) is 11.0 Å². The van der Waals surface area contributed by atoms with Crippen molar-refractivity contribution < 1.29 is 18.3 Å². The molecular weight excluding hydrogens is 291 g/mol. The Morgan fingerprint density at radius 1 is 1.30 bits per heavy atom. The van der Waals surface area contributed by atoms with Gasteiger partial charge in [0.05, 0.1) is 12.2 Å². The highest BCUT2D eigenvalue weighted by atomic mass is 32.2. The van der Waals surface area contributed by atoms with E-state index in [1.165, 1.54) is 12.1 Å². The molecular formula is C12H12F3N3OS. The molecule has 0 saturated carbocycles. The molecule has 20 heavy (non-hydrogen) atoms. The fourth-order valence-electron chi connectivity index (χ4n) is 1.56. The Kier molecular flexibility index (Phi) is 4.05. The first-order chi connectivity index (χ1) is 9.32. The highest BCUT2D eigenvalue weighted by molar-refractivity contribution is 7.99. The van der Waals surface area contributed by atoms with E-state index in [-0.39, 0.29) is 10.5 Å². The van der Waals surface area contributed by atoms with Crippen molar-refractivity contribution in [2.75, 3.05) is 0 Å². The van der Waals surface area contributed by atoms with Crippen molar-refractivity contribution in [1.29, 1.82) is 0 Å². The fraction of sp³-hybridized carbons (Fsp3) is 0.333. The van der Waals surface area contributed by atoms with Crippen LogP contribution in [-0.4, -0.2) is 19.9 Å². The van der Waals surface area contributed by atoms with E-state index in [9.17, 15) is 13.2 Å². The van der Waals surface area contributed by atoms with Gasteiger partial charge in [-0.2, -0.15) is 13.2 Å². The van der Waals surface area contributed by atoms with Crippen LogP contribution in [0, 0.1) is 6.92 Å². The van der Waals surface area contributed by atoms with Gasteiger partial charge in [0.15, 0.2) is 5.16 Å². The summed E-state index contributed by atoms with van der Waals surface area (Å²) < 4.78 is 40.7. The van der Waals surface area contributed by atoms with Gasteiger partial charge in [0, 0.05) is 11.9 Å². The van der Waals surface area contributed by atoms with Gasteiger partial charge >= 0.3 is 6.18 Å². The molecule has 0 radical (unpaired) electrons. The Balaban J connectivity index is 2.43. The first-order valence-corrected chi connectivity index (χ1v) is 6.49. The molecule has 8 heteroatoms. The Morgan fingerprint density at radius 2 is 2.00 bits per heavy atom. The van der Waals surface area contributed by atoms with Crippen molar-refractivity contribution >= 4 is 11.8 Å². The molecule has 0 aliphatic heterocycles. The summed E-state index contributed by atoms with van der Waals surface area (Å²) in [5.74, 6) is 0.619. The Labute approximate surface area is 117 Å². The smallest absolute Gasteiger partial charge is 0.392 e. The van der Waals surface area contributed by atoms with Crippen molar-refractivity contribution in [3.05, 3.63) is 35.2 Å². The zero-order chi connectivity index (χ0) is 14.9. The van der Waals surface area contributed by atoms with Gasteiger partial charge < -0.3 is 9.67 Å². The molecule has 0 amide bonds. The molecule has 0 unspecified atom stereocenters. The van der Waals surface area contributed by atoms with Crippen LogP contribution in [0.1, 0.15) is 17.0 Å². The van der Waals surface area contributed by atoms with Crippen LogP contribution in [-0.2, 0) is 19.8 Å². The van der Waals surface area contributed by atoms with Gasteiger partial charge in [-0.05, 0) is 36.4 Å². The van der Waals surface area contributed by atoms with Crippen LogP contribution in [0.15, 0.2) is 28.3 Å². The van der Waals surface area contributed by atoms with Crippen molar-refractivity contribution in [2.24, 2.45) is 7.05 Å². The average molecular weight is 303 g/mol. The molecule has 1 aromatic heterocycles. The van der Waals surface area contributed by atoms with Gasteiger partial charge in [-0.15, -0.1) is 10.2 Å². The summed E-state index contributed by atoms with van der Waals surface area (Å²) >= 11 is 0.895. The number of aromatic nitrogens is 3. The van der Waals surface area contributed by atoms with Crippen LogP contribution >= 0.6 is 11.8 Å². The molecule has 1 N–H and O–H groups in total. The number of nitrogens with zero attached hydrogens (tertiary/aromatic N) is 3. The van der Waals surface area contributed by atoms with Crippen molar-refractivity contribution in [1.82, 2.24) is 14.8 Å². The molecule has 2 rings (SSSR count). The minimum Gasteiger partial charge on any atom is -0.392 e. The SMILES string of the molecule is Cc1nnc(Sc2ccc(CO)cc2C(F)(F)F)n1C. The third kappa shape index (κ3) is 2.96. The zero-order valence-corrected chi connectivity index (χ0v) is 11.6. The van der Waals surface area contributed by atoms with Crippen LogP contribution in [0.5, 0.6) is 0 Å². The van der Waals surface area contributed by atoms with E-state index in [2.05, 4.69) is 10.2 Å². The van der Waals surface area contributed by atoms with E-state index in [4.69, 9.17) is 5.11 Å². The number of benzene rings is 1. The lowest BCUT2D eigenvalue weighted by Crippen LogP contribution is -2.08. The molecule has 0 bridgehead atoms. The molecule has 0 spiro atoms. The first kappa shape index (κ1) is 14.9. The second-order valence-electron chi connectivity index (χ2n) is 4.18. The molecule has 0 atom stereocenters. The van der Waals surface area contributed by atoms with Gasteiger partial charge in [-0.1, -0.05) is 6.07 Å². The lowest BCUT2D eigenvalue weighted by molar-refractivity contribution is -0.139. The summed E-state index contributed by atoms with van der Waals surface area (Å²) in [5.41, 5.74) is -0.564. The fourth-order valence-corrected chi connectivity index (χ4v) is 2.53. The Hall–Kier alpha value is -1.54. The number of aliphatic hydroxyl groups excluding tert-OH is 1. The summed E-state index contributed by atoms with van der Waals surface area (Å²) in [7, 11) is 1.69. The van der Waals surface area contributed by atoms with Crippen LogP contribution in [0.4, 0.5) is 13.2 Å². The predicted octanol–water partition coefficient (Wildman–Crippen LogP) is 2.79. The molecule has 0 saturated heterocycles. The Morgan fingerprint density at radius 3 is 2.50 bits per heavy atom. The van der Waals surface area contributed by atoms with Crippen molar-refractivity contribution in [3.8, 4) is 0 Å². The number of aryl methyl sites for hydroxylation is 1. The highest BCUT2D eigenvalue weighted by Gasteiger charge is 2.34. The largest absolute Gasteiger partial charge is 0.417 e. The van der Waals surface area contributed by atoms with E-state index >= 15 is 0 Å². The van der Waals surface area contributed by atoms with Gasteiger partial charge in [-0.25, -0.2) is 0 Å². The van der Waals surface area contributed by atoms with Crippen LogP contribution in [0.3, 0.4) is 0 Å². The maximum Gasteiger partial charge on any atom is 0.417 e. The maximum absolute atomic E-state index is 13.0. The van der Waals surface area contributed by atoms with Crippen molar-refractivity contribution in [2.45, 2.75) is 29.8 Å². The second-order valence-corrected chi connectivity index (χ2v) is 5.19. The van der Waals surface area contributed by atoms with Gasteiger partial charge in [0.25, 0.3) is 0 Å². The van der Waals surface area contributed by atoms with Crippen LogP contribution in [0.2, 0.25) is 0 Å². The van der Waals surface area contributed by atoms with Crippen molar-refractivity contribution in [3.63, 3.8) is 0 Å². The van der Waals surface area contributed by atoms with Gasteiger partial charge in [0.1, 0.15) is 5.82 Å². The van der Waals surface area contributed by atoms with E-state index in [1.54, 1.807) is 18.5 Å². The van der Waals surface area contributed by atoms with Gasteiger partial charge in [0.2, 0.25) is 0 Å². The number of halogens is 3. The summed E-state index contributed by atoms with van der Waals surface area (Å²) in [6.07, 6.45) is -4.48. The molecule has 0 aliphatic rings.